The number of guanidine groups is 1. The van der Waals surface area contributed by atoms with E-state index in [-0.39, 0.29) is 5.54 Å². The molecule has 0 spiro atoms. The molecule has 0 aromatic rings. The second-order valence-electron chi connectivity index (χ2n) is 6.81. The van der Waals surface area contributed by atoms with Crippen LogP contribution in [0.4, 0.5) is 0 Å². The minimum Gasteiger partial charge on any atom is -0.381 e. The van der Waals surface area contributed by atoms with E-state index in [1.54, 1.807) is 0 Å². The first-order valence-electron chi connectivity index (χ1n) is 9.24. The van der Waals surface area contributed by atoms with Crippen molar-refractivity contribution in [1.82, 2.24) is 20.4 Å². The fraction of sp³-hybridized carbons (Fsp3) is 0.941. The largest absolute Gasteiger partial charge is 0.381 e. The quantitative estimate of drug-likeness (QED) is 0.502. The first-order chi connectivity index (χ1) is 11.7. The van der Waals surface area contributed by atoms with Gasteiger partial charge in [0, 0.05) is 51.5 Å². The summed E-state index contributed by atoms with van der Waals surface area (Å²) >= 11 is 0. The standard InChI is InChI=1S/C17H35N5O2/c1-4-18-16(19-7-8-22-9-13-24-14-10-22)20-15-17(21(2)3)5-11-23-12-6-17/h4-15H2,1-3H3,(H2,18,19,20). The molecule has 0 unspecified atom stereocenters. The summed E-state index contributed by atoms with van der Waals surface area (Å²) < 4.78 is 10.9. The van der Waals surface area contributed by atoms with Gasteiger partial charge in [0.15, 0.2) is 5.96 Å². The molecule has 2 rings (SSSR count). The predicted molar refractivity (Wildman–Crippen MR) is 97.7 cm³/mol. The Morgan fingerprint density at radius 3 is 2.38 bits per heavy atom. The zero-order valence-electron chi connectivity index (χ0n) is 15.6. The van der Waals surface area contributed by atoms with Crippen LogP contribution >= 0.6 is 0 Å². The minimum atomic E-state index is 0.116. The highest BCUT2D eigenvalue weighted by atomic mass is 16.5. The van der Waals surface area contributed by atoms with E-state index >= 15 is 0 Å². The van der Waals surface area contributed by atoms with Gasteiger partial charge in [-0.15, -0.1) is 0 Å². The van der Waals surface area contributed by atoms with Crippen molar-refractivity contribution in [3.05, 3.63) is 0 Å². The molecule has 0 saturated carbocycles. The predicted octanol–water partition coefficient (Wildman–Crippen LogP) is -0.0155. The van der Waals surface area contributed by atoms with Crippen LogP contribution in [0.3, 0.4) is 0 Å². The summed E-state index contributed by atoms with van der Waals surface area (Å²) in [6.45, 7) is 11.1. The number of likely N-dealkylation sites (N-methyl/N-ethyl adjacent to an activating group) is 1. The van der Waals surface area contributed by atoms with Gasteiger partial charge >= 0.3 is 0 Å². The van der Waals surface area contributed by atoms with Gasteiger partial charge in [0.2, 0.25) is 0 Å². The molecule has 2 aliphatic heterocycles. The lowest BCUT2D eigenvalue weighted by Gasteiger charge is -2.41. The molecule has 0 aromatic carbocycles. The summed E-state index contributed by atoms with van der Waals surface area (Å²) in [7, 11) is 4.30. The molecule has 0 aromatic heterocycles. The number of nitrogens with zero attached hydrogens (tertiary/aromatic N) is 3. The van der Waals surface area contributed by atoms with Gasteiger partial charge in [0.25, 0.3) is 0 Å². The Hall–Kier alpha value is -0.890. The van der Waals surface area contributed by atoms with Gasteiger partial charge in [-0.25, -0.2) is 0 Å². The van der Waals surface area contributed by atoms with Gasteiger partial charge in [-0.2, -0.15) is 0 Å². The first kappa shape index (κ1) is 19.4. The lowest BCUT2D eigenvalue weighted by molar-refractivity contribution is -0.00255. The molecule has 0 radical (unpaired) electrons. The maximum absolute atomic E-state index is 5.54. The molecular formula is C17H35N5O2. The molecule has 7 nitrogen and oxygen atoms in total. The molecule has 0 bridgehead atoms. The maximum atomic E-state index is 5.54. The van der Waals surface area contributed by atoms with E-state index in [1.807, 2.05) is 0 Å². The lowest BCUT2D eigenvalue weighted by atomic mass is 9.89. The van der Waals surface area contributed by atoms with Crippen LogP contribution in [-0.4, -0.2) is 101 Å². The van der Waals surface area contributed by atoms with Crippen molar-refractivity contribution in [3.8, 4) is 0 Å². The minimum absolute atomic E-state index is 0.116. The van der Waals surface area contributed by atoms with Crippen molar-refractivity contribution in [2.24, 2.45) is 4.99 Å². The van der Waals surface area contributed by atoms with E-state index in [9.17, 15) is 0 Å². The van der Waals surface area contributed by atoms with Crippen LogP contribution in [0.2, 0.25) is 0 Å². The Kier molecular flexibility index (Phi) is 8.24. The van der Waals surface area contributed by atoms with Gasteiger partial charge < -0.3 is 25.0 Å². The average Bonchev–Trinajstić information content (AvgIpc) is 2.61. The smallest absolute Gasteiger partial charge is 0.191 e. The Morgan fingerprint density at radius 1 is 1.08 bits per heavy atom. The number of aliphatic imine (C=N–C) groups is 1. The van der Waals surface area contributed by atoms with E-state index < -0.39 is 0 Å². The molecule has 2 saturated heterocycles. The van der Waals surface area contributed by atoms with Crippen LogP contribution in [0.25, 0.3) is 0 Å². The number of nitrogens with one attached hydrogen (secondary N) is 2. The summed E-state index contributed by atoms with van der Waals surface area (Å²) in [5.74, 6) is 0.915. The molecule has 140 valence electrons. The molecule has 0 amide bonds. The van der Waals surface area contributed by atoms with Gasteiger partial charge in [-0.05, 0) is 33.9 Å². The van der Waals surface area contributed by atoms with Crippen molar-refractivity contribution in [1.29, 1.82) is 0 Å². The van der Waals surface area contributed by atoms with E-state index in [0.717, 1.165) is 84.5 Å². The summed E-state index contributed by atoms with van der Waals surface area (Å²) in [4.78, 5) is 9.61. The highest BCUT2D eigenvalue weighted by Gasteiger charge is 2.34. The van der Waals surface area contributed by atoms with Gasteiger partial charge in [0.1, 0.15) is 0 Å². The zero-order valence-corrected chi connectivity index (χ0v) is 15.6. The Balaban J connectivity index is 1.84. The molecule has 2 N–H and O–H groups in total. The third-order valence-electron chi connectivity index (χ3n) is 5.07. The normalized spacial score (nSPS) is 22.6. The lowest BCUT2D eigenvalue weighted by Crippen LogP contribution is -2.52. The molecule has 0 atom stereocenters. The molecule has 7 heteroatoms. The second-order valence-corrected chi connectivity index (χ2v) is 6.81. The number of hydrogen-bond acceptors (Lipinski definition) is 5. The first-order valence-corrected chi connectivity index (χ1v) is 9.24. The van der Waals surface area contributed by atoms with E-state index in [1.165, 1.54) is 0 Å². The number of morpholine rings is 1. The van der Waals surface area contributed by atoms with E-state index in [4.69, 9.17) is 14.5 Å². The van der Waals surface area contributed by atoms with Gasteiger partial charge in [-0.1, -0.05) is 0 Å². The highest BCUT2D eigenvalue weighted by molar-refractivity contribution is 5.79. The molecule has 2 fully saturated rings. The summed E-state index contributed by atoms with van der Waals surface area (Å²) in [6, 6.07) is 0. The number of hydrogen-bond donors (Lipinski definition) is 2. The highest BCUT2D eigenvalue weighted by Crippen LogP contribution is 2.26. The van der Waals surface area contributed by atoms with Crippen LogP contribution in [0, 0.1) is 0 Å². The molecule has 24 heavy (non-hydrogen) atoms. The molecular weight excluding hydrogens is 306 g/mol. The van der Waals surface area contributed by atoms with Crippen molar-refractivity contribution in [2.45, 2.75) is 25.3 Å². The van der Waals surface area contributed by atoms with Gasteiger partial charge in [-0.3, -0.25) is 9.89 Å². The van der Waals surface area contributed by atoms with Crippen LogP contribution in [0.1, 0.15) is 19.8 Å². The van der Waals surface area contributed by atoms with E-state index in [2.05, 4.69) is 41.5 Å². The van der Waals surface area contributed by atoms with Crippen LogP contribution in [-0.2, 0) is 9.47 Å². The second kappa shape index (κ2) is 10.2. The summed E-state index contributed by atoms with van der Waals surface area (Å²) in [5.41, 5.74) is 0.116. The van der Waals surface area contributed by atoms with Crippen molar-refractivity contribution in [3.63, 3.8) is 0 Å². The molecule has 2 heterocycles. The topological polar surface area (TPSA) is 61.4 Å². The third-order valence-corrected chi connectivity index (χ3v) is 5.07. The number of ether oxygens (including phenoxy) is 2. The van der Waals surface area contributed by atoms with Crippen LogP contribution < -0.4 is 10.6 Å². The van der Waals surface area contributed by atoms with E-state index in [0.29, 0.717) is 0 Å². The van der Waals surface area contributed by atoms with Gasteiger partial charge in [0.05, 0.1) is 19.8 Å². The maximum Gasteiger partial charge on any atom is 0.191 e. The fourth-order valence-corrected chi connectivity index (χ4v) is 3.22. The summed E-state index contributed by atoms with van der Waals surface area (Å²) in [5, 5.41) is 6.83. The van der Waals surface area contributed by atoms with Crippen molar-refractivity contribution >= 4 is 5.96 Å². The van der Waals surface area contributed by atoms with Crippen molar-refractivity contribution < 1.29 is 9.47 Å². The molecule has 0 aliphatic carbocycles. The monoisotopic (exact) mass is 341 g/mol. The zero-order chi connectivity index (χ0) is 17.3. The van der Waals surface area contributed by atoms with Crippen molar-refractivity contribution in [2.75, 3.05) is 79.8 Å². The Morgan fingerprint density at radius 2 is 1.75 bits per heavy atom. The Labute approximate surface area is 146 Å². The average molecular weight is 342 g/mol. The Bertz CT molecular complexity index is 377. The third kappa shape index (κ3) is 5.88. The SMILES string of the molecule is CCNC(=NCC1(N(C)C)CCOCC1)NCCN1CCOCC1. The summed E-state index contributed by atoms with van der Waals surface area (Å²) in [6.07, 6.45) is 2.08. The van der Waals surface area contributed by atoms with Crippen LogP contribution in [0.15, 0.2) is 4.99 Å². The number of rotatable bonds is 7. The van der Waals surface area contributed by atoms with Crippen LogP contribution in [0.5, 0.6) is 0 Å². The fourth-order valence-electron chi connectivity index (χ4n) is 3.22. The molecule has 2 aliphatic rings.